The zero-order chi connectivity index (χ0) is 15.1. The molecule has 3 rings (SSSR count). The Morgan fingerprint density at radius 3 is 2.57 bits per heavy atom. The number of nitrogens with zero attached hydrogens (tertiary/aromatic N) is 1. The molecule has 0 bridgehead atoms. The van der Waals surface area contributed by atoms with E-state index in [4.69, 9.17) is 23.2 Å². The Bertz CT molecular complexity index is 868. The summed E-state index contributed by atoms with van der Waals surface area (Å²) >= 11 is 12.2. The fraction of sp³-hybridized carbons (Fsp3) is 0.0625. The molecule has 0 unspecified atom stereocenters. The van der Waals surface area contributed by atoms with E-state index >= 15 is 0 Å². The van der Waals surface area contributed by atoms with Gasteiger partial charge in [0.25, 0.3) is 0 Å². The summed E-state index contributed by atoms with van der Waals surface area (Å²) in [5.41, 5.74) is 2.83. The van der Waals surface area contributed by atoms with Crippen molar-refractivity contribution >= 4 is 40.1 Å². The van der Waals surface area contributed by atoms with Crippen LogP contribution >= 0.6 is 23.2 Å². The van der Waals surface area contributed by atoms with Crippen LogP contribution < -0.4 is 0 Å². The molecule has 0 aliphatic heterocycles. The highest BCUT2D eigenvalue weighted by Gasteiger charge is 2.13. The number of aromatic nitrogens is 1. The summed E-state index contributed by atoms with van der Waals surface area (Å²) in [5, 5.41) is 11.2. The second-order valence-electron chi connectivity index (χ2n) is 4.79. The maximum absolute atomic E-state index is 11.2. The molecule has 21 heavy (non-hydrogen) atoms. The number of rotatable bonds is 2. The summed E-state index contributed by atoms with van der Waals surface area (Å²) < 4.78 is 1.65. The highest BCUT2D eigenvalue weighted by molar-refractivity contribution is 6.35. The summed E-state index contributed by atoms with van der Waals surface area (Å²) in [6.45, 7) is 0. The highest BCUT2D eigenvalue weighted by atomic mass is 35.5. The Balaban J connectivity index is 2.22. The Labute approximate surface area is 131 Å². The summed E-state index contributed by atoms with van der Waals surface area (Å²) in [5.74, 6) is -0.948. The van der Waals surface area contributed by atoms with Crippen LogP contribution in [0.25, 0.3) is 22.0 Å². The van der Waals surface area contributed by atoms with E-state index in [-0.39, 0.29) is 5.69 Å². The van der Waals surface area contributed by atoms with Gasteiger partial charge in [-0.15, -0.1) is 0 Å². The molecule has 0 spiro atoms. The zero-order valence-electron chi connectivity index (χ0n) is 11.1. The second-order valence-corrected chi connectivity index (χ2v) is 5.64. The first-order chi connectivity index (χ1) is 9.97. The number of hydrogen-bond donors (Lipinski definition) is 1. The molecule has 0 amide bonds. The van der Waals surface area contributed by atoms with Gasteiger partial charge in [-0.05, 0) is 42.0 Å². The molecule has 0 fully saturated rings. The number of halogens is 2. The van der Waals surface area contributed by atoms with E-state index in [1.165, 1.54) is 0 Å². The number of benzene rings is 2. The number of aromatic carboxylic acids is 1. The van der Waals surface area contributed by atoms with Crippen LogP contribution in [0.5, 0.6) is 0 Å². The molecule has 106 valence electrons. The van der Waals surface area contributed by atoms with Gasteiger partial charge in [0.2, 0.25) is 0 Å². The second kappa shape index (κ2) is 5.10. The molecule has 3 aromatic rings. The molecular weight excluding hydrogens is 309 g/mol. The number of fused-ring (bicyclic) bond motifs is 1. The fourth-order valence-electron chi connectivity index (χ4n) is 2.44. The Kier molecular flexibility index (Phi) is 3.40. The lowest BCUT2D eigenvalue weighted by atomic mass is 10.0. The van der Waals surface area contributed by atoms with E-state index in [2.05, 4.69) is 0 Å². The minimum absolute atomic E-state index is 0.249. The van der Waals surface area contributed by atoms with Crippen molar-refractivity contribution in [2.75, 3.05) is 0 Å². The van der Waals surface area contributed by atoms with Crippen LogP contribution in [0.3, 0.4) is 0 Å². The maximum Gasteiger partial charge on any atom is 0.352 e. The van der Waals surface area contributed by atoms with Gasteiger partial charge in [0.05, 0.1) is 0 Å². The standard InChI is InChI=1S/C16H11Cl2NO2/c1-19-14-5-2-9(6-10(14)7-15(19)16(20)21)12-8-11(17)3-4-13(12)18/h2-8H,1H3,(H,20,21). The molecule has 0 saturated heterocycles. The third kappa shape index (κ3) is 2.39. The molecule has 0 aliphatic rings. The lowest BCUT2D eigenvalue weighted by Crippen LogP contribution is -2.03. The number of carboxylic acids is 1. The number of hydrogen-bond acceptors (Lipinski definition) is 1. The van der Waals surface area contributed by atoms with Crippen molar-refractivity contribution in [1.29, 1.82) is 0 Å². The van der Waals surface area contributed by atoms with Crippen LogP contribution in [0, 0.1) is 0 Å². The molecule has 3 nitrogen and oxygen atoms in total. The van der Waals surface area contributed by atoms with Gasteiger partial charge >= 0.3 is 5.97 Å². The minimum atomic E-state index is -0.948. The van der Waals surface area contributed by atoms with Crippen LogP contribution in [-0.4, -0.2) is 15.6 Å². The number of carboxylic acid groups (broad SMARTS) is 1. The molecule has 5 heteroatoms. The largest absolute Gasteiger partial charge is 0.477 e. The van der Waals surface area contributed by atoms with Gasteiger partial charge in [-0.2, -0.15) is 0 Å². The summed E-state index contributed by atoms with van der Waals surface area (Å²) in [7, 11) is 1.73. The van der Waals surface area contributed by atoms with Gasteiger partial charge in [-0.25, -0.2) is 4.79 Å². The lowest BCUT2D eigenvalue weighted by Gasteiger charge is -2.06. The van der Waals surface area contributed by atoms with Crippen molar-refractivity contribution in [3.05, 3.63) is 58.2 Å². The normalized spacial score (nSPS) is 11.0. The Hall–Kier alpha value is -1.97. The van der Waals surface area contributed by atoms with Crippen LogP contribution in [-0.2, 0) is 7.05 Å². The quantitative estimate of drug-likeness (QED) is 0.733. The Morgan fingerprint density at radius 2 is 1.86 bits per heavy atom. The van der Waals surface area contributed by atoms with Crippen LogP contribution in [0.1, 0.15) is 10.5 Å². The average Bonchev–Trinajstić information content (AvgIpc) is 2.78. The van der Waals surface area contributed by atoms with Crippen molar-refractivity contribution in [2.45, 2.75) is 0 Å². The summed E-state index contributed by atoms with van der Waals surface area (Å²) in [6, 6.07) is 12.6. The molecule has 2 aromatic carbocycles. The average molecular weight is 320 g/mol. The molecule has 0 atom stereocenters. The van der Waals surface area contributed by atoms with Crippen LogP contribution in [0.15, 0.2) is 42.5 Å². The monoisotopic (exact) mass is 319 g/mol. The predicted molar refractivity (Wildman–Crippen MR) is 85.3 cm³/mol. The third-order valence-electron chi connectivity index (χ3n) is 3.50. The SMILES string of the molecule is Cn1c(C(=O)O)cc2cc(-c3cc(Cl)ccc3Cl)ccc21. The first kappa shape index (κ1) is 14.0. The van der Waals surface area contributed by atoms with Gasteiger partial charge in [-0.3, -0.25) is 0 Å². The molecule has 0 radical (unpaired) electrons. The van der Waals surface area contributed by atoms with Gasteiger partial charge in [0.1, 0.15) is 5.69 Å². The van der Waals surface area contributed by atoms with Crippen molar-refractivity contribution in [2.24, 2.45) is 7.05 Å². The molecule has 1 aromatic heterocycles. The van der Waals surface area contributed by atoms with Crippen molar-refractivity contribution in [1.82, 2.24) is 4.57 Å². The first-order valence-electron chi connectivity index (χ1n) is 6.25. The maximum atomic E-state index is 11.2. The van der Waals surface area contributed by atoms with Gasteiger partial charge in [0.15, 0.2) is 0 Å². The van der Waals surface area contributed by atoms with Gasteiger partial charge < -0.3 is 9.67 Å². The van der Waals surface area contributed by atoms with E-state index < -0.39 is 5.97 Å². The molecule has 1 heterocycles. The van der Waals surface area contributed by atoms with Crippen molar-refractivity contribution < 1.29 is 9.90 Å². The number of aryl methyl sites for hydroxylation is 1. The van der Waals surface area contributed by atoms with E-state index in [0.29, 0.717) is 10.0 Å². The molecule has 0 aliphatic carbocycles. The van der Waals surface area contributed by atoms with E-state index in [9.17, 15) is 9.90 Å². The predicted octanol–water partition coefficient (Wildman–Crippen LogP) is 4.85. The van der Waals surface area contributed by atoms with E-state index in [0.717, 1.165) is 22.0 Å². The smallest absolute Gasteiger partial charge is 0.352 e. The molecular formula is C16H11Cl2NO2. The topological polar surface area (TPSA) is 42.2 Å². The zero-order valence-corrected chi connectivity index (χ0v) is 12.6. The van der Waals surface area contributed by atoms with Crippen molar-refractivity contribution in [3.63, 3.8) is 0 Å². The third-order valence-corrected chi connectivity index (χ3v) is 4.07. The fourth-order valence-corrected chi connectivity index (χ4v) is 2.84. The van der Waals surface area contributed by atoms with Crippen molar-refractivity contribution in [3.8, 4) is 11.1 Å². The minimum Gasteiger partial charge on any atom is -0.477 e. The highest BCUT2D eigenvalue weighted by Crippen LogP contribution is 2.33. The van der Waals surface area contributed by atoms with Crippen LogP contribution in [0.2, 0.25) is 10.0 Å². The van der Waals surface area contributed by atoms with E-state index in [1.54, 1.807) is 35.9 Å². The molecule has 1 N–H and O–H groups in total. The lowest BCUT2D eigenvalue weighted by molar-refractivity contribution is 0.0687. The summed E-state index contributed by atoms with van der Waals surface area (Å²) in [4.78, 5) is 11.2. The van der Waals surface area contributed by atoms with E-state index in [1.807, 2.05) is 18.2 Å². The van der Waals surface area contributed by atoms with Gasteiger partial charge in [0, 0.05) is 33.6 Å². The van der Waals surface area contributed by atoms with Gasteiger partial charge in [-0.1, -0.05) is 29.3 Å². The number of carbonyl (C=O) groups is 1. The van der Waals surface area contributed by atoms with Crippen LogP contribution in [0.4, 0.5) is 0 Å². The molecule has 0 saturated carbocycles. The summed E-state index contributed by atoms with van der Waals surface area (Å²) in [6.07, 6.45) is 0. The first-order valence-corrected chi connectivity index (χ1v) is 7.01. The Morgan fingerprint density at radius 1 is 1.10 bits per heavy atom.